The first-order valence-electron chi connectivity index (χ1n) is 9.90. The van der Waals surface area contributed by atoms with Gasteiger partial charge < -0.3 is 14.2 Å². The van der Waals surface area contributed by atoms with Crippen molar-refractivity contribution in [2.24, 2.45) is 13.0 Å². The van der Waals surface area contributed by atoms with Crippen LogP contribution in [0.15, 0.2) is 34.2 Å². The molecular formula is C21H28N4O4. The van der Waals surface area contributed by atoms with Crippen molar-refractivity contribution >= 4 is 5.91 Å². The van der Waals surface area contributed by atoms with Gasteiger partial charge in [-0.3, -0.25) is 19.0 Å². The van der Waals surface area contributed by atoms with Crippen molar-refractivity contribution in [3.8, 4) is 5.75 Å². The minimum atomic E-state index is -0.223. The number of ether oxygens (including phenoxy) is 1. The molecule has 0 bridgehead atoms. The standard InChI is InChI=1S/C21H28N4O4/c1-14(2)17-9-20(27)25(13-22-17)11-15-5-7-24(8-6-15)21(28)16-12-23(3)19(26)10-18(16)29-4/h9-10,12-15H,5-8,11H2,1-4H3. The van der Waals surface area contributed by atoms with Crippen LogP contribution in [0.3, 0.4) is 0 Å². The highest BCUT2D eigenvalue weighted by Gasteiger charge is 2.26. The zero-order chi connectivity index (χ0) is 21.1. The van der Waals surface area contributed by atoms with Crippen LogP contribution in [0.1, 0.15) is 48.7 Å². The fourth-order valence-electron chi connectivity index (χ4n) is 3.60. The highest BCUT2D eigenvalue weighted by Crippen LogP contribution is 2.23. The Kier molecular flexibility index (Phi) is 6.20. The van der Waals surface area contributed by atoms with E-state index in [-0.39, 0.29) is 22.9 Å². The first-order chi connectivity index (χ1) is 13.8. The van der Waals surface area contributed by atoms with Gasteiger partial charge >= 0.3 is 0 Å². The minimum absolute atomic E-state index is 0.0304. The molecule has 8 nitrogen and oxygen atoms in total. The van der Waals surface area contributed by atoms with Crippen LogP contribution in [0.5, 0.6) is 5.75 Å². The number of rotatable bonds is 5. The second kappa shape index (κ2) is 8.63. The molecule has 3 heterocycles. The fourth-order valence-corrected chi connectivity index (χ4v) is 3.60. The van der Waals surface area contributed by atoms with Crippen LogP contribution >= 0.6 is 0 Å². The number of aryl methyl sites for hydroxylation is 1. The molecule has 2 aromatic heterocycles. The second-order valence-corrected chi connectivity index (χ2v) is 7.90. The maximum atomic E-state index is 12.9. The van der Waals surface area contributed by atoms with Gasteiger partial charge in [0.15, 0.2) is 0 Å². The van der Waals surface area contributed by atoms with E-state index in [1.165, 1.54) is 23.9 Å². The molecule has 0 N–H and O–H groups in total. The molecule has 8 heteroatoms. The largest absolute Gasteiger partial charge is 0.496 e. The van der Waals surface area contributed by atoms with Crippen molar-refractivity contribution < 1.29 is 9.53 Å². The molecule has 2 aromatic rings. The number of carbonyl (C=O) groups excluding carboxylic acids is 1. The number of hydrogen-bond acceptors (Lipinski definition) is 5. The summed E-state index contributed by atoms with van der Waals surface area (Å²) in [6, 6.07) is 2.94. The molecular weight excluding hydrogens is 372 g/mol. The van der Waals surface area contributed by atoms with Crippen LogP contribution in [-0.4, -0.2) is 45.1 Å². The molecule has 1 fully saturated rings. The minimum Gasteiger partial charge on any atom is -0.496 e. The lowest BCUT2D eigenvalue weighted by Crippen LogP contribution is -2.40. The van der Waals surface area contributed by atoms with Crippen LogP contribution in [0, 0.1) is 5.92 Å². The summed E-state index contributed by atoms with van der Waals surface area (Å²) in [6.45, 7) is 5.83. The Balaban J connectivity index is 1.65. The molecule has 156 valence electrons. The number of piperidine rings is 1. The lowest BCUT2D eigenvalue weighted by Gasteiger charge is -2.32. The van der Waals surface area contributed by atoms with Crippen molar-refractivity contribution in [2.75, 3.05) is 20.2 Å². The van der Waals surface area contributed by atoms with E-state index in [1.807, 2.05) is 13.8 Å². The van der Waals surface area contributed by atoms with Gasteiger partial charge in [0.1, 0.15) is 5.75 Å². The van der Waals surface area contributed by atoms with Crippen LogP contribution in [0.4, 0.5) is 0 Å². The Morgan fingerprint density at radius 1 is 1.21 bits per heavy atom. The van der Waals surface area contributed by atoms with Gasteiger partial charge in [-0.15, -0.1) is 0 Å². The third-order valence-electron chi connectivity index (χ3n) is 5.49. The van der Waals surface area contributed by atoms with Gasteiger partial charge in [0.2, 0.25) is 0 Å². The summed E-state index contributed by atoms with van der Waals surface area (Å²) in [7, 11) is 3.06. The molecule has 0 spiro atoms. The van der Waals surface area contributed by atoms with Crippen LogP contribution in [-0.2, 0) is 13.6 Å². The van der Waals surface area contributed by atoms with E-state index in [4.69, 9.17) is 4.74 Å². The molecule has 1 aliphatic rings. The Hall–Kier alpha value is -2.90. The molecule has 0 unspecified atom stereocenters. The average molecular weight is 400 g/mol. The highest BCUT2D eigenvalue weighted by atomic mass is 16.5. The second-order valence-electron chi connectivity index (χ2n) is 7.90. The van der Waals surface area contributed by atoms with Crippen molar-refractivity contribution in [1.29, 1.82) is 0 Å². The van der Waals surface area contributed by atoms with E-state index in [9.17, 15) is 14.4 Å². The molecule has 29 heavy (non-hydrogen) atoms. The summed E-state index contributed by atoms with van der Waals surface area (Å²) < 4.78 is 8.26. The molecule has 0 saturated carbocycles. The predicted octanol–water partition coefficient (Wildman–Crippen LogP) is 1.63. The first kappa shape index (κ1) is 20.8. The van der Waals surface area contributed by atoms with Crippen molar-refractivity contribution in [2.45, 2.75) is 39.2 Å². The summed E-state index contributed by atoms with van der Waals surface area (Å²) in [5.74, 6) is 0.686. The van der Waals surface area contributed by atoms with Crippen molar-refractivity contribution in [3.63, 3.8) is 0 Å². The smallest absolute Gasteiger partial charge is 0.259 e. The van der Waals surface area contributed by atoms with E-state index in [2.05, 4.69) is 4.98 Å². The summed E-state index contributed by atoms with van der Waals surface area (Å²) in [6.07, 6.45) is 4.76. The van der Waals surface area contributed by atoms with Crippen LogP contribution in [0.2, 0.25) is 0 Å². The van der Waals surface area contributed by atoms with Gasteiger partial charge in [-0.2, -0.15) is 0 Å². The summed E-state index contributed by atoms with van der Waals surface area (Å²) in [5.41, 5.74) is 0.937. The number of methoxy groups -OCH3 is 1. The zero-order valence-corrected chi connectivity index (χ0v) is 17.4. The molecule has 1 amide bonds. The first-order valence-corrected chi connectivity index (χ1v) is 9.90. The van der Waals surface area contributed by atoms with Gasteiger partial charge in [-0.25, -0.2) is 4.98 Å². The molecule has 0 radical (unpaired) electrons. The van der Waals surface area contributed by atoms with Crippen LogP contribution in [0.25, 0.3) is 0 Å². The number of nitrogens with zero attached hydrogens (tertiary/aromatic N) is 4. The fraction of sp³-hybridized carbons (Fsp3) is 0.524. The number of likely N-dealkylation sites (tertiary alicyclic amines) is 1. The number of carbonyl (C=O) groups is 1. The van der Waals surface area contributed by atoms with E-state index >= 15 is 0 Å². The lowest BCUT2D eigenvalue weighted by molar-refractivity contribution is 0.0678. The quantitative estimate of drug-likeness (QED) is 0.761. The summed E-state index contributed by atoms with van der Waals surface area (Å²) in [4.78, 5) is 43.2. The average Bonchev–Trinajstić information content (AvgIpc) is 2.71. The zero-order valence-electron chi connectivity index (χ0n) is 17.4. The third kappa shape index (κ3) is 4.58. The normalized spacial score (nSPS) is 15.0. The van der Waals surface area contributed by atoms with Gasteiger partial charge in [-0.05, 0) is 24.7 Å². The predicted molar refractivity (Wildman–Crippen MR) is 109 cm³/mol. The van der Waals surface area contributed by atoms with E-state index in [0.717, 1.165) is 18.5 Å². The third-order valence-corrected chi connectivity index (χ3v) is 5.49. The maximum absolute atomic E-state index is 12.9. The Morgan fingerprint density at radius 3 is 2.48 bits per heavy atom. The monoisotopic (exact) mass is 400 g/mol. The number of amides is 1. The van der Waals surface area contributed by atoms with Crippen LogP contribution < -0.4 is 15.9 Å². The molecule has 0 aliphatic carbocycles. The topological polar surface area (TPSA) is 86.4 Å². The Morgan fingerprint density at radius 2 is 1.90 bits per heavy atom. The molecule has 0 aromatic carbocycles. The number of pyridine rings is 1. The Labute approximate surface area is 169 Å². The molecule has 0 atom stereocenters. The van der Waals surface area contributed by atoms with E-state index in [0.29, 0.717) is 36.9 Å². The van der Waals surface area contributed by atoms with Gasteiger partial charge in [-0.1, -0.05) is 13.8 Å². The van der Waals surface area contributed by atoms with Gasteiger partial charge in [0, 0.05) is 45.0 Å². The van der Waals surface area contributed by atoms with Crippen molar-refractivity contribution in [1.82, 2.24) is 19.0 Å². The Bertz CT molecular complexity index is 1000. The highest BCUT2D eigenvalue weighted by molar-refractivity contribution is 5.96. The maximum Gasteiger partial charge on any atom is 0.259 e. The summed E-state index contributed by atoms with van der Waals surface area (Å²) in [5, 5.41) is 0. The van der Waals surface area contributed by atoms with Crippen molar-refractivity contribution in [3.05, 3.63) is 56.6 Å². The molecule has 1 saturated heterocycles. The van der Waals surface area contributed by atoms with Gasteiger partial charge in [0.05, 0.1) is 24.7 Å². The molecule has 1 aliphatic heterocycles. The van der Waals surface area contributed by atoms with Gasteiger partial charge in [0.25, 0.3) is 17.0 Å². The molecule has 3 rings (SSSR count). The number of aromatic nitrogens is 3. The van der Waals surface area contributed by atoms with E-state index < -0.39 is 0 Å². The summed E-state index contributed by atoms with van der Waals surface area (Å²) >= 11 is 0. The SMILES string of the molecule is COc1cc(=O)n(C)cc1C(=O)N1CCC(Cn2cnc(C(C)C)cc2=O)CC1. The lowest BCUT2D eigenvalue weighted by atomic mass is 9.96. The van der Waals surface area contributed by atoms with E-state index in [1.54, 1.807) is 28.9 Å². The number of hydrogen-bond donors (Lipinski definition) is 0.